The number of hydrogen-bond donors (Lipinski definition) is 1. The Morgan fingerprint density at radius 3 is 2.96 bits per heavy atom. The largest absolute Gasteiger partial charge is 0.358 e. The maximum Gasteiger partial charge on any atom is 0.228 e. The van der Waals surface area contributed by atoms with E-state index >= 15 is 0 Å². The van der Waals surface area contributed by atoms with Crippen molar-refractivity contribution in [3.8, 4) is 0 Å². The molecule has 0 aliphatic carbocycles. The topological polar surface area (TPSA) is 56.4 Å². The van der Waals surface area contributed by atoms with Gasteiger partial charge in [-0.15, -0.1) is 0 Å². The van der Waals surface area contributed by atoms with E-state index in [-0.39, 0.29) is 17.7 Å². The fraction of sp³-hybridized carbons (Fsp3) is 0.500. The third-order valence-electron chi connectivity index (χ3n) is 5.40. The lowest BCUT2D eigenvalue weighted by Crippen LogP contribution is -2.40. The molecule has 4 rings (SSSR count). The standard InChI is InChI=1S/C20H24BrN3O2/c1-12(2)9-24-10-13(7-19(24)25)20(26)23-6-5-18-16(11-23)15-8-14(21)3-4-17(15)22-18/h3-4,8,12-13,22H,5-7,9-11H2,1-2H3/t13-/m1/s1. The zero-order valence-corrected chi connectivity index (χ0v) is 16.8. The number of nitrogens with zero attached hydrogens (tertiary/aromatic N) is 2. The molecule has 5 nitrogen and oxygen atoms in total. The van der Waals surface area contributed by atoms with Crippen LogP contribution in [0.4, 0.5) is 0 Å². The predicted molar refractivity (Wildman–Crippen MR) is 105 cm³/mol. The molecule has 3 heterocycles. The summed E-state index contributed by atoms with van der Waals surface area (Å²) in [7, 11) is 0. The summed E-state index contributed by atoms with van der Waals surface area (Å²) in [5.41, 5.74) is 3.56. The summed E-state index contributed by atoms with van der Waals surface area (Å²) >= 11 is 3.54. The Hall–Kier alpha value is -1.82. The van der Waals surface area contributed by atoms with Gasteiger partial charge in [-0.25, -0.2) is 0 Å². The maximum atomic E-state index is 13.0. The van der Waals surface area contributed by atoms with E-state index in [9.17, 15) is 9.59 Å². The molecule has 1 aromatic heterocycles. The van der Waals surface area contributed by atoms with Gasteiger partial charge in [-0.05, 0) is 24.1 Å². The first-order valence-electron chi connectivity index (χ1n) is 9.28. The number of likely N-dealkylation sites (tertiary alicyclic amines) is 1. The summed E-state index contributed by atoms with van der Waals surface area (Å²) in [6, 6.07) is 6.21. The van der Waals surface area contributed by atoms with Gasteiger partial charge in [0.05, 0.1) is 5.92 Å². The number of amides is 2. The van der Waals surface area contributed by atoms with E-state index in [4.69, 9.17) is 0 Å². The van der Waals surface area contributed by atoms with E-state index in [2.05, 4.69) is 46.9 Å². The van der Waals surface area contributed by atoms with E-state index < -0.39 is 0 Å². The van der Waals surface area contributed by atoms with Crippen LogP contribution in [0.25, 0.3) is 10.9 Å². The molecule has 0 spiro atoms. The van der Waals surface area contributed by atoms with Crippen molar-refractivity contribution < 1.29 is 9.59 Å². The minimum atomic E-state index is -0.195. The van der Waals surface area contributed by atoms with Gasteiger partial charge in [-0.3, -0.25) is 9.59 Å². The summed E-state index contributed by atoms with van der Waals surface area (Å²) in [6.45, 7) is 6.85. The average molecular weight is 418 g/mol. The average Bonchev–Trinajstić information content (AvgIpc) is 3.14. The van der Waals surface area contributed by atoms with Crippen LogP contribution >= 0.6 is 15.9 Å². The first kappa shape index (κ1) is 17.6. The molecule has 6 heteroatoms. The molecule has 26 heavy (non-hydrogen) atoms. The van der Waals surface area contributed by atoms with Crippen LogP contribution in [-0.2, 0) is 22.6 Å². The van der Waals surface area contributed by atoms with Crippen molar-refractivity contribution in [3.63, 3.8) is 0 Å². The monoisotopic (exact) mass is 417 g/mol. The summed E-state index contributed by atoms with van der Waals surface area (Å²) in [5.74, 6) is 0.472. The number of nitrogens with one attached hydrogen (secondary N) is 1. The SMILES string of the molecule is CC(C)CN1C[C@H](C(=O)N2CCc3[nH]c4ccc(Br)cc4c3C2)CC1=O. The lowest BCUT2D eigenvalue weighted by atomic mass is 10.0. The molecule has 2 aliphatic heterocycles. The number of fused-ring (bicyclic) bond motifs is 3. The molecule has 1 saturated heterocycles. The Balaban J connectivity index is 1.52. The first-order chi connectivity index (χ1) is 12.4. The third-order valence-corrected chi connectivity index (χ3v) is 5.89. The Labute approximate surface area is 161 Å². The minimum absolute atomic E-state index is 0.116. The second-order valence-electron chi connectivity index (χ2n) is 7.88. The molecule has 138 valence electrons. The number of rotatable bonds is 3. The summed E-state index contributed by atoms with van der Waals surface area (Å²) in [6.07, 6.45) is 1.19. The molecule has 2 amide bonds. The Bertz CT molecular complexity index is 873. The minimum Gasteiger partial charge on any atom is -0.358 e. The number of halogens is 1. The number of aromatic amines is 1. The molecule has 1 fully saturated rings. The maximum absolute atomic E-state index is 13.0. The Kier molecular flexibility index (Phi) is 4.55. The molecule has 1 aromatic carbocycles. The van der Waals surface area contributed by atoms with E-state index in [0.717, 1.165) is 23.0 Å². The van der Waals surface area contributed by atoms with Crippen molar-refractivity contribution in [2.45, 2.75) is 33.2 Å². The van der Waals surface area contributed by atoms with Crippen LogP contribution in [-0.4, -0.2) is 46.2 Å². The lowest BCUT2D eigenvalue weighted by Gasteiger charge is -2.29. The molecular formula is C20H24BrN3O2. The highest BCUT2D eigenvalue weighted by Gasteiger charge is 2.37. The molecule has 0 unspecified atom stereocenters. The lowest BCUT2D eigenvalue weighted by molar-refractivity contribution is -0.136. The molecule has 2 aliphatic rings. The Morgan fingerprint density at radius 2 is 2.19 bits per heavy atom. The number of hydrogen-bond acceptors (Lipinski definition) is 2. The molecule has 0 radical (unpaired) electrons. The smallest absolute Gasteiger partial charge is 0.228 e. The number of carbonyl (C=O) groups is 2. The molecule has 0 saturated carbocycles. The Morgan fingerprint density at radius 1 is 1.38 bits per heavy atom. The zero-order valence-electron chi connectivity index (χ0n) is 15.2. The van der Waals surface area contributed by atoms with Crippen molar-refractivity contribution in [1.82, 2.24) is 14.8 Å². The second-order valence-corrected chi connectivity index (χ2v) is 8.79. The second kappa shape index (κ2) is 6.72. The van der Waals surface area contributed by atoms with Crippen LogP contribution in [0.2, 0.25) is 0 Å². The molecule has 0 bridgehead atoms. The summed E-state index contributed by atoms with van der Waals surface area (Å²) in [5, 5.41) is 1.18. The molecule has 2 aromatic rings. The van der Waals surface area contributed by atoms with Gasteiger partial charge < -0.3 is 14.8 Å². The normalized spacial score (nSPS) is 20.3. The van der Waals surface area contributed by atoms with E-state index in [1.165, 1.54) is 16.6 Å². The van der Waals surface area contributed by atoms with E-state index in [0.29, 0.717) is 32.0 Å². The predicted octanol–water partition coefficient (Wildman–Crippen LogP) is 3.32. The van der Waals surface area contributed by atoms with Crippen LogP contribution in [0.5, 0.6) is 0 Å². The highest BCUT2D eigenvalue weighted by Crippen LogP contribution is 2.31. The number of aromatic nitrogens is 1. The van der Waals surface area contributed by atoms with Crippen molar-refractivity contribution >= 4 is 38.6 Å². The van der Waals surface area contributed by atoms with Gasteiger partial charge in [0.15, 0.2) is 0 Å². The van der Waals surface area contributed by atoms with E-state index in [1.54, 1.807) is 0 Å². The highest BCUT2D eigenvalue weighted by atomic mass is 79.9. The van der Waals surface area contributed by atoms with Gasteiger partial charge in [-0.1, -0.05) is 29.8 Å². The van der Waals surface area contributed by atoms with E-state index in [1.807, 2.05) is 15.9 Å². The van der Waals surface area contributed by atoms with Gasteiger partial charge in [0.25, 0.3) is 0 Å². The van der Waals surface area contributed by atoms with Crippen molar-refractivity contribution in [3.05, 3.63) is 33.9 Å². The highest BCUT2D eigenvalue weighted by molar-refractivity contribution is 9.10. The van der Waals surface area contributed by atoms with Crippen molar-refractivity contribution in [2.24, 2.45) is 11.8 Å². The first-order valence-corrected chi connectivity index (χ1v) is 10.1. The fourth-order valence-electron chi connectivity index (χ4n) is 4.19. The number of benzene rings is 1. The van der Waals surface area contributed by atoms with Crippen LogP contribution in [0.3, 0.4) is 0 Å². The van der Waals surface area contributed by atoms with Crippen molar-refractivity contribution in [1.29, 1.82) is 0 Å². The van der Waals surface area contributed by atoms with Gasteiger partial charge >= 0.3 is 0 Å². The van der Waals surface area contributed by atoms with Gasteiger partial charge in [-0.2, -0.15) is 0 Å². The number of H-pyrrole nitrogens is 1. The van der Waals surface area contributed by atoms with Crippen LogP contribution in [0.1, 0.15) is 31.5 Å². The molecule has 1 atom stereocenters. The summed E-state index contributed by atoms with van der Waals surface area (Å²) in [4.78, 5) is 32.5. The van der Waals surface area contributed by atoms with Gasteiger partial charge in [0.1, 0.15) is 0 Å². The molecular weight excluding hydrogens is 394 g/mol. The zero-order chi connectivity index (χ0) is 18.4. The number of carbonyl (C=O) groups excluding carboxylic acids is 2. The summed E-state index contributed by atoms with van der Waals surface area (Å²) < 4.78 is 1.04. The van der Waals surface area contributed by atoms with Gasteiger partial charge in [0, 0.05) is 65.7 Å². The van der Waals surface area contributed by atoms with Crippen LogP contribution in [0.15, 0.2) is 22.7 Å². The quantitative estimate of drug-likeness (QED) is 0.832. The van der Waals surface area contributed by atoms with Gasteiger partial charge in [0.2, 0.25) is 11.8 Å². The molecule has 1 N–H and O–H groups in total. The fourth-order valence-corrected chi connectivity index (χ4v) is 4.55. The van der Waals surface area contributed by atoms with Crippen LogP contribution < -0.4 is 0 Å². The van der Waals surface area contributed by atoms with Crippen LogP contribution in [0, 0.1) is 11.8 Å². The van der Waals surface area contributed by atoms with Crippen molar-refractivity contribution in [2.75, 3.05) is 19.6 Å². The third kappa shape index (κ3) is 3.15.